The van der Waals surface area contributed by atoms with Gasteiger partial charge in [0.15, 0.2) is 11.5 Å². The molecule has 4 aromatic rings. The quantitative estimate of drug-likeness (QED) is 0.321. The van der Waals surface area contributed by atoms with Crippen molar-refractivity contribution >= 4 is 5.91 Å². The SMILES string of the molecule is COc1ccc(-c2noc(CN3CCCC(C(=O)NC(c4ccccc4)c4ccccc4C)C3)n2)cc1OC. The van der Waals surface area contributed by atoms with Gasteiger partial charge in [0.25, 0.3) is 0 Å². The Labute approximate surface area is 228 Å². The molecule has 1 fully saturated rings. The molecule has 5 rings (SSSR count). The lowest BCUT2D eigenvalue weighted by Crippen LogP contribution is -2.44. The molecule has 1 aliphatic rings. The van der Waals surface area contributed by atoms with Crippen molar-refractivity contribution in [3.05, 3.63) is 95.4 Å². The van der Waals surface area contributed by atoms with E-state index in [2.05, 4.69) is 51.5 Å². The van der Waals surface area contributed by atoms with Gasteiger partial charge in [0.05, 0.1) is 32.7 Å². The largest absolute Gasteiger partial charge is 0.493 e. The molecule has 0 saturated carbocycles. The molecule has 3 aromatic carbocycles. The number of ether oxygens (including phenoxy) is 2. The third kappa shape index (κ3) is 6.12. The summed E-state index contributed by atoms with van der Waals surface area (Å²) in [6, 6.07) is 23.7. The molecule has 2 atom stereocenters. The minimum absolute atomic E-state index is 0.0633. The molecule has 2 unspecified atom stereocenters. The molecule has 0 aliphatic carbocycles. The number of amides is 1. The fourth-order valence-corrected chi connectivity index (χ4v) is 5.17. The second-order valence-corrected chi connectivity index (χ2v) is 9.86. The van der Waals surface area contributed by atoms with E-state index in [9.17, 15) is 4.79 Å². The summed E-state index contributed by atoms with van der Waals surface area (Å²) in [5.74, 6) is 2.19. The Kier molecular flexibility index (Phi) is 8.22. The number of aromatic nitrogens is 2. The summed E-state index contributed by atoms with van der Waals surface area (Å²) in [7, 11) is 3.19. The maximum absolute atomic E-state index is 13.6. The first-order valence-corrected chi connectivity index (χ1v) is 13.2. The zero-order chi connectivity index (χ0) is 27.2. The standard InChI is InChI=1S/C31H34N4O4/c1-21-10-7-8-14-25(21)29(22-11-5-4-6-12-22)33-31(36)24-13-9-17-35(19-24)20-28-32-30(34-39-28)23-15-16-26(37-2)27(18-23)38-3/h4-8,10-12,14-16,18,24,29H,9,13,17,19-20H2,1-3H3,(H,33,36). The first-order chi connectivity index (χ1) is 19.1. The Balaban J connectivity index is 1.26. The van der Waals surface area contributed by atoms with E-state index in [1.165, 1.54) is 0 Å². The van der Waals surface area contributed by atoms with Gasteiger partial charge in [-0.1, -0.05) is 59.8 Å². The number of carbonyl (C=O) groups excluding carboxylic acids is 1. The van der Waals surface area contributed by atoms with E-state index in [0.717, 1.165) is 41.6 Å². The lowest BCUT2D eigenvalue weighted by atomic mass is 9.92. The van der Waals surface area contributed by atoms with Gasteiger partial charge in [-0.3, -0.25) is 9.69 Å². The highest BCUT2D eigenvalue weighted by atomic mass is 16.5. The van der Waals surface area contributed by atoms with Crippen LogP contribution in [0.25, 0.3) is 11.4 Å². The van der Waals surface area contributed by atoms with Crippen molar-refractivity contribution < 1.29 is 18.8 Å². The molecule has 0 spiro atoms. The predicted molar refractivity (Wildman–Crippen MR) is 148 cm³/mol. The van der Waals surface area contributed by atoms with E-state index in [1.807, 2.05) is 48.5 Å². The van der Waals surface area contributed by atoms with E-state index < -0.39 is 0 Å². The van der Waals surface area contributed by atoms with Crippen LogP contribution in [0, 0.1) is 12.8 Å². The Bertz CT molecular complexity index is 1400. The fourth-order valence-electron chi connectivity index (χ4n) is 5.17. The summed E-state index contributed by atoms with van der Waals surface area (Å²) in [5, 5.41) is 7.51. The molecule has 39 heavy (non-hydrogen) atoms. The van der Waals surface area contributed by atoms with E-state index in [0.29, 0.717) is 36.3 Å². The number of likely N-dealkylation sites (tertiary alicyclic amines) is 1. The van der Waals surface area contributed by atoms with Gasteiger partial charge in [-0.25, -0.2) is 0 Å². The Morgan fingerprint density at radius 2 is 1.82 bits per heavy atom. The average Bonchev–Trinajstić information content (AvgIpc) is 3.45. The number of rotatable bonds is 9. The van der Waals surface area contributed by atoms with E-state index in [4.69, 9.17) is 14.0 Å². The molecule has 1 aliphatic heterocycles. The Hall–Kier alpha value is -4.17. The van der Waals surface area contributed by atoms with Gasteiger partial charge in [0, 0.05) is 12.1 Å². The molecule has 0 bridgehead atoms. The van der Waals surface area contributed by atoms with Crippen LogP contribution < -0.4 is 14.8 Å². The smallest absolute Gasteiger partial charge is 0.241 e. The van der Waals surface area contributed by atoms with Gasteiger partial charge in [-0.15, -0.1) is 0 Å². The van der Waals surface area contributed by atoms with Crippen LogP contribution in [0.3, 0.4) is 0 Å². The average molecular weight is 527 g/mol. The molecule has 8 heteroatoms. The zero-order valence-corrected chi connectivity index (χ0v) is 22.6. The number of carbonyl (C=O) groups is 1. The number of nitrogens with zero attached hydrogens (tertiary/aromatic N) is 3. The highest BCUT2D eigenvalue weighted by Gasteiger charge is 2.29. The lowest BCUT2D eigenvalue weighted by molar-refractivity contribution is -0.127. The molecule has 8 nitrogen and oxygen atoms in total. The van der Waals surface area contributed by atoms with Crippen LogP contribution in [0.4, 0.5) is 0 Å². The van der Waals surface area contributed by atoms with Crippen molar-refractivity contribution in [1.29, 1.82) is 0 Å². The second-order valence-electron chi connectivity index (χ2n) is 9.86. The first kappa shape index (κ1) is 26.4. The number of piperidine rings is 1. The number of methoxy groups -OCH3 is 2. The summed E-state index contributed by atoms with van der Waals surface area (Å²) in [6.07, 6.45) is 1.77. The highest BCUT2D eigenvalue weighted by Crippen LogP contribution is 2.31. The van der Waals surface area contributed by atoms with Crippen molar-refractivity contribution in [3.8, 4) is 22.9 Å². The Morgan fingerprint density at radius 3 is 2.59 bits per heavy atom. The maximum atomic E-state index is 13.6. The number of aryl methyl sites for hydroxylation is 1. The molecular formula is C31H34N4O4. The number of nitrogens with one attached hydrogen (secondary N) is 1. The molecule has 202 valence electrons. The molecule has 0 radical (unpaired) electrons. The minimum Gasteiger partial charge on any atom is -0.493 e. The number of hydrogen-bond donors (Lipinski definition) is 1. The van der Waals surface area contributed by atoms with Crippen molar-refractivity contribution in [2.45, 2.75) is 32.4 Å². The lowest BCUT2D eigenvalue weighted by Gasteiger charge is -2.32. The van der Waals surface area contributed by atoms with Crippen molar-refractivity contribution in [3.63, 3.8) is 0 Å². The van der Waals surface area contributed by atoms with Gasteiger partial charge < -0.3 is 19.3 Å². The first-order valence-electron chi connectivity index (χ1n) is 13.2. The van der Waals surface area contributed by atoms with Crippen LogP contribution in [-0.2, 0) is 11.3 Å². The van der Waals surface area contributed by atoms with Crippen LogP contribution in [0.15, 0.2) is 77.3 Å². The van der Waals surface area contributed by atoms with Gasteiger partial charge >= 0.3 is 0 Å². The summed E-state index contributed by atoms with van der Waals surface area (Å²) >= 11 is 0. The third-order valence-corrected chi connectivity index (χ3v) is 7.26. The maximum Gasteiger partial charge on any atom is 0.241 e. The molecule has 1 aromatic heterocycles. The number of benzene rings is 3. The van der Waals surface area contributed by atoms with Crippen LogP contribution in [0.5, 0.6) is 11.5 Å². The van der Waals surface area contributed by atoms with Crippen LogP contribution in [0.1, 0.15) is 41.5 Å². The van der Waals surface area contributed by atoms with Gasteiger partial charge in [-0.2, -0.15) is 4.98 Å². The third-order valence-electron chi connectivity index (χ3n) is 7.26. The molecular weight excluding hydrogens is 492 g/mol. The minimum atomic E-state index is -0.199. The van der Waals surface area contributed by atoms with E-state index in [-0.39, 0.29) is 17.9 Å². The van der Waals surface area contributed by atoms with Crippen molar-refractivity contribution in [2.24, 2.45) is 5.92 Å². The van der Waals surface area contributed by atoms with E-state index >= 15 is 0 Å². The number of hydrogen-bond acceptors (Lipinski definition) is 7. The summed E-state index contributed by atoms with van der Waals surface area (Å²) in [5.41, 5.74) is 4.11. The molecule has 1 amide bonds. The van der Waals surface area contributed by atoms with Crippen molar-refractivity contribution in [1.82, 2.24) is 20.4 Å². The van der Waals surface area contributed by atoms with Crippen LogP contribution in [0.2, 0.25) is 0 Å². The molecule has 2 heterocycles. The zero-order valence-electron chi connectivity index (χ0n) is 22.6. The van der Waals surface area contributed by atoms with Crippen LogP contribution >= 0.6 is 0 Å². The summed E-state index contributed by atoms with van der Waals surface area (Å²) < 4.78 is 16.3. The van der Waals surface area contributed by atoms with Crippen molar-refractivity contribution in [2.75, 3.05) is 27.3 Å². The highest BCUT2D eigenvalue weighted by molar-refractivity contribution is 5.80. The van der Waals surface area contributed by atoms with E-state index in [1.54, 1.807) is 14.2 Å². The van der Waals surface area contributed by atoms with Gasteiger partial charge in [0.1, 0.15) is 0 Å². The predicted octanol–water partition coefficient (Wildman–Crippen LogP) is 5.18. The fraction of sp³-hybridized carbons (Fsp3) is 0.323. The summed E-state index contributed by atoms with van der Waals surface area (Å²) in [4.78, 5) is 20.4. The van der Waals surface area contributed by atoms with Gasteiger partial charge in [0.2, 0.25) is 17.6 Å². The van der Waals surface area contributed by atoms with Crippen LogP contribution in [-0.4, -0.2) is 48.3 Å². The summed E-state index contributed by atoms with van der Waals surface area (Å²) in [6.45, 7) is 4.08. The normalized spacial score (nSPS) is 16.4. The molecule has 1 saturated heterocycles. The molecule has 1 N–H and O–H groups in total. The van der Waals surface area contributed by atoms with Gasteiger partial charge in [-0.05, 0) is 61.2 Å². The topological polar surface area (TPSA) is 89.7 Å². The Morgan fingerprint density at radius 1 is 1.05 bits per heavy atom. The monoisotopic (exact) mass is 526 g/mol. The second kappa shape index (κ2) is 12.1.